The van der Waals surface area contributed by atoms with Crippen LogP contribution in [0.1, 0.15) is 36.8 Å². The molecule has 15 heteroatoms. The third-order valence-electron chi connectivity index (χ3n) is 13.8. The molecule has 4 aromatic carbocycles. The predicted molar refractivity (Wildman–Crippen MR) is 243 cm³/mol. The van der Waals surface area contributed by atoms with E-state index in [-0.39, 0.29) is 36.2 Å². The number of methoxy groups -OCH3 is 1. The molecule has 0 radical (unpaired) electrons. The van der Waals surface area contributed by atoms with Crippen LogP contribution in [-0.4, -0.2) is 50.6 Å². The van der Waals surface area contributed by atoms with Crippen LogP contribution in [0.15, 0.2) is 105 Å². The maximum Gasteiger partial charge on any atom is 0.242 e. The number of aromatic hydroxyl groups is 1. The zero-order valence-corrected chi connectivity index (χ0v) is 37.4. The lowest BCUT2D eigenvalue weighted by Crippen LogP contribution is -2.49. The fourth-order valence-corrected chi connectivity index (χ4v) is 12.5. The molecule has 12 nitrogen and oxygen atoms in total. The Kier molecular flexibility index (Phi) is 8.96. The summed E-state index contributed by atoms with van der Waals surface area (Å²) in [5.41, 5.74) is 3.73. The number of anilines is 2. The van der Waals surface area contributed by atoms with E-state index >= 15 is 9.59 Å². The summed E-state index contributed by atoms with van der Waals surface area (Å²) in [5.74, 6) is -4.79. The molecule has 0 unspecified atom stereocenters. The summed E-state index contributed by atoms with van der Waals surface area (Å²) in [6.07, 6.45) is 2.32. The standard InChI is InChI=1S/C48H37BrClN5O7S/c1-22-29-19-25(50)11-16-37(29)63-42(22)34-21-38(53(3)52-34)55-45(58)32-20-30-27(40(48(32,2)47(55)60)31-17-24(49)18-36(61-4)41(31)56)14-15-28-39(30)46(59)54(44(28)57)26-12-9-23(10-13-26)43-51-33-7-5-6-8-35(33)62-43/h5-14,16-19,21,28,30,32,39-40,56H,15,20H2,1-4H3/t28-,30+,32-,39-,40+,48+/m0/s1. The van der Waals surface area contributed by atoms with E-state index in [0.717, 1.165) is 26.1 Å². The Labute approximate surface area is 377 Å². The number of nitrogens with zero attached hydrogens (tertiary/aromatic N) is 5. The van der Waals surface area contributed by atoms with Crippen LogP contribution in [-0.2, 0) is 26.2 Å². The molecule has 316 valence electrons. The first kappa shape index (κ1) is 39.7. The number of oxazole rings is 1. The number of hydrogen-bond acceptors (Lipinski definition) is 10. The minimum Gasteiger partial charge on any atom is -0.504 e. The molecule has 0 spiro atoms. The van der Waals surface area contributed by atoms with E-state index in [1.807, 2.05) is 55.5 Å². The smallest absolute Gasteiger partial charge is 0.242 e. The number of phenolic OH excluding ortho intramolecular Hbond substituents is 1. The van der Waals surface area contributed by atoms with Crippen molar-refractivity contribution in [3.8, 4) is 33.5 Å². The number of imide groups is 2. The predicted octanol–water partition coefficient (Wildman–Crippen LogP) is 9.98. The highest BCUT2D eigenvalue weighted by Gasteiger charge is 2.68. The number of aryl methyl sites for hydroxylation is 2. The largest absolute Gasteiger partial charge is 0.504 e. The van der Waals surface area contributed by atoms with Gasteiger partial charge in [-0.1, -0.05) is 51.3 Å². The summed E-state index contributed by atoms with van der Waals surface area (Å²) in [4.78, 5) is 67.6. The Morgan fingerprint density at radius 3 is 2.49 bits per heavy atom. The molecule has 5 heterocycles. The highest BCUT2D eigenvalue weighted by atomic mass is 79.9. The van der Waals surface area contributed by atoms with E-state index in [9.17, 15) is 14.7 Å². The summed E-state index contributed by atoms with van der Waals surface area (Å²) in [6.45, 7) is 3.78. The molecule has 2 aliphatic carbocycles. The van der Waals surface area contributed by atoms with Crippen LogP contribution < -0.4 is 14.5 Å². The summed E-state index contributed by atoms with van der Waals surface area (Å²) in [7, 11) is 3.15. The van der Waals surface area contributed by atoms with Gasteiger partial charge in [-0.25, -0.2) is 9.88 Å². The molecular weight excluding hydrogens is 906 g/mol. The summed E-state index contributed by atoms with van der Waals surface area (Å²) < 4.78 is 14.7. The van der Waals surface area contributed by atoms with Crippen LogP contribution in [0.2, 0.25) is 5.02 Å². The molecule has 11 rings (SSSR count). The Morgan fingerprint density at radius 2 is 1.73 bits per heavy atom. The molecule has 0 bridgehead atoms. The van der Waals surface area contributed by atoms with Crippen LogP contribution in [0.25, 0.3) is 43.2 Å². The number of carbonyl (C=O) groups excluding carboxylic acids is 4. The topological polar surface area (TPSA) is 148 Å². The molecular formula is C48H37BrClN5O7S. The van der Waals surface area contributed by atoms with Gasteiger partial charge in [0.25, 0.3) is 0 Å². The van der Waals surface area contributed by atoms with Crippen molar-refractivity contribution in [3.05, 3.63) is 117 Å². The Morgan fingerprint density at radius 1 is 0.952 bits per heavy atom. The van der Waals surface area contributed by atoms with Crippen molar-refractivity contribution in [1.82, 2.24) is 14.8 Å². The number of amides is 4. The molecule has 4 amide bonds. The highest BCUT2D eigenvalue weighted by Crippen LogP contribution is 2.65. The molecule has 1 N–H and O–H groups in total. The maximum absolute atomic E-state index is 15.3. The van der Waals surface area contributed by atoms with E-state index < -0.39 is 46.8 Å². The number of allylic oxidation sites excluding steroid dienone is 2. The van der Waals surface area contributed by atoms with Gasteiger partial charge >= 0.3 is 0 Å². The van der Waals surface area contributed by atoms with Crippen LogP contribution in [0.5, 0.6) is 11.5 Å². The van der Waals surface area contributed by atoms with Gasteiger partial charge in [0.05, 0.1) is 40.8 Å². The number of fused-ring (bicyclic) bond motifs is 6. The van der Waals surface area contributed by atoms with E-state index in [1.165, 1.54) is 16.9 Å². The average molecular weight is 943 g/mol. The summed E-state index contributed by atoms with van der Waals surface area (Å²) in [6, 6.07) is 25.3. The van der Waals surface area contributed by atoms with E-state index in [1.54, 1.807) is 72.5 Å². The molecule has 3 aromatic heterocycles. The molecule has 6 atom stereocenters. The number of rotatable bonds is 6. The zero-order chi connectivity index (χ0) is 43.8. The van der Waals surface area contributed by atoms with Crippen molar-refractivity contribution in [2.45, 2.75) is 32.6 Å². The van der Waals surface area contributed by atoms with E-state index in [2.05, 4.69) is 20.9 Å². The van der Waals surface area contributed by atoms with Gasteiger partial charge in [0.1, 0.15) is 17.0 Å². The van der Waals surface area contributed by atoms with Gasteiger partial charge in [-0.05, 0) is 110 Å². The van der Waals surface area contributed by atoms with Gasteiger partial charge in [0.15, 0.2) is 17.1 Å². The van der Waals surface area contributed by atoms with Crippen LogP contribution in [0.4, 0.5) is 11.5 Å². The first-order valence-corrected chi connectivity index (χ1v) is 22.5. The number of ether oxygens (including phenoxy) is 1. The minimum atomic E-state index is -1.42. The third-order valence-corrected chi connectivity index (χ3v) is 15.7. The Bertz CT molecular complexity index is 3160. The van der Waals surface area contributed by atoms with Crippen molar-refractivity contribution in [2.75, 3.05) is 16.9 Å². The van der Waals surface area contributed by atoms with Crippen molar-refractivity contribution in [2.24, 2.45) is 36.1 Å². The van der Waals surface area contributed by atoms with Gasteiger partial charge in [-0.3, -0.25) is 28.8 Å². The lowest BCUT2D eigenvalue weighted by atomic mass is 9.51. The summed E-state index contributed by atoms with van der Waals surface area (Å²) in [5, 5.41) is 18.3. The number of phenols is 1. The zero-order valence-electron chi connectivity index (χ0n) is 34.3. The second kappa shape index (κ2) is 14.2. The first-order chi connectivity index (χ1) is 30.3. The monoisotopic (exact) mass is 941 g/mol. The van der Waals surface area contributed by atoms with Gasteiger partial charge in [-0.15, -0.1) is 11.3 Å². The van der Waals surface area contributed by atoms with Crippen molar-refractivity contribution >= 4 is 95.2 Å². The van der Waals surface area contributed by atoms with Crippen LogP contribution >= 0.6 is 38.9 Å². The number of thiophene rings is 1. The quantitative estimate of drug-likeness (QED) is 0.127. The van der Waals surface area contributed by atoms with Gasteiger partial charge in [-0.2, -0.15) is 5.10 Å². The lowest BCUT2D eigenvalue weighted by Gasteiger charge is -2.49. The average Bonchev–Trinajstić information content (AvgIpc) is 4.06. The van der Waals surface area contributed by atoms with Crippen LogP contribution in [0, 0.1) is 36.0 Å². The van der Waals surface area contributed by atoms with Crippen LogP contribution in [0.3, 0.4) is 0 Å². The number of carbonyl (C=O) groups is 4. The van der Waals surface area contributed by atoms with Gasteiger partial charge in [0, 0.05) is 44.4 Å². The summed E-state index contributed by atoms with van der Waals surface area (Å²) >= 11 is 11.5. The normalized spacial score (nSPS) is 24.3. The number of benzene rings is 4. The number of hydrogen-bond donors (Lipinski definition) is 1. The number of aromatic nitrogens is 3. The van der Waals surface area contributed by atoms with Crippen molar-refractivity contribution in [3.63, 3.8) is 0 Å². The van der Waals surface area contributed by atoms with Crippen molar-refractivity contribution in [1.29, 1.82) is 0 Å². The van der Waals surface area contributed by atoms with E-state index in [4.69, 9.17) is 25.9 Å². The van der Waals surface area contributed by atoms with Crippen molar-refractivity contribution < 1.29 is 33.4 Å². The SMILES string of the molecule is COc1cc(Br)cc([C@H]2C3=CC[C@@H]4C(=O)N(c5ccc(-c6nc7ccccc7o6)cc5)C(=O)[C@@H]4[C@@H]3C[C@H]3C(=O)N(c4cc(-c5sc6ccc(Cl)cc6c5C)nn4C)C(=O)[C@@]23C)c1O. The Balaban J connectivity index is 0.987. The fraction of sp³-hybridized carbons (Fsp3) is 0.250. The van der Waals surface area contributed by atoms with Gasteiger partial charge in [0.2, 0.25) is 29.5 Å². The number of halogens is 2. The molecule has 2 saturated heterocycles. The fourth-order valence-electron chi connectivity index (χ4n) is 10.8. The second-order valence-electron chi connectivity index (χ2n) is 17.0. The highest BCUT2D eigenvalue weighted by molar-refractivity contribution is 9.10. The molecule has 3 fully saturated rings. The van der Waals surface area contributed by atoms with E-state index in [0.29, 0.717) is 54.8 Å². The maximum atomic E-state index is 15.3. The van der Waals surface area contributed by atoms with Gasteiger partial charge < -0.3 is 14.3 Å². The molecule has 1 saturated carbocycles. The second-order valence-corrected chi connectivity index (χ2v) is 19.4. The molecule has 7 aromatic rings. The molecule has 2 aliphatic heterocycles. The Hall–Kier alpha value is -6.09. The number of para-hydroxylation sites is 2. The lowest BCUT2D eigenvalue weighted by molar-refractivity contribution is -0.131. The minimum absolute atomic E-state index is 0.136. The third kappa shape index (κ3) is 5.70. The first-order valence-electron chi connectivity index (χ1n) is 20.5. The molecule has 63 heavy (non-hydrogen) atoms. The molecule has 4 aliphatic rings.